The van der Waals surface area contributed by atoms with Crippen LogP contribution in [0.4, 0.5) is 5.82 Å². The van der Waals surface area contributed by atoms with Gasteiger partial charge in [0.25, 0.3) is 0 Å². The zero-order valence-corrected chi connectivity index (χ0v) is 13.0. The average Bonchev–Trinajstić information content (AvgIpc) is 2.40. The molecule has 4 fully saturated rings. The number of nitrogens with one attached hydrogen (secondary N) is 1. The molecule has 1 amide bonds. The Kier molecular flexibility index (Phi) is 2.92. The van der Waals surface area contributed by atoms with Crippen LogP contribution in [0.3, 0.4) is 0 Å². The van der Waals surface area contributed by atoms with Crippen molar-refractivity contribution in [3.05, 3.63) is 22.8 Å². The molecule has 1 aromatic heterocycles. The van der Waals surface area contributed by atoms with Crippen molar-refractivity contribution in [3.8, 4) is 0 Å². The van der Waals surface area contributed by atoms with Crippen LogP contribution in [0.15, 0.2) is 22.8 Å². The second-order valence-electron chi connectivity index (χ2n) is 7.01. The topological polar surface area (TPSA) is 42.0 Å². The van der Waals surface area contributed by atoms with E-state index in [-0.39, 0.29) is 11.3 Å². The molecule has 4 bridgehead atoms. The molecule has 4 aliphatic carbocycles. The maximum Gasteiger partial charge on any atom is 0.231 e. The van der Waals surface area contributed by atoms with Crippen molar-refractivity contribution in [1.82, 2.24) is 4.98 Å². The van der Waals surface area contributed by atoms with Crippen molar-refractivity contribution in [3.63, 3.8) is 0 Å². The molecule has 20 heavy (non-hydrogen) atoms. The first-order valence-corrected chi connectivity index (χ1v) is 8.35. The lowest BCUT2D eigenvalue weighted by atomic mass is 9.49. The Morgan fingerprint density at radius 1 is 1.15 bits per heavy atom. The maximum atomic E-state index is 12.8. The zero-order valence-electron chi connectivity index (χ0n) is 11.4. The Labute approximate surface area is 127 Å². The molecule has 5 rings (SSSR count). The number of hydrogen-bond acceptors (Lipinski definition) is 2. The highest BCUT2D eigenvalue weighted by atomic mass is 79.9. The van der Waals surface area contributed by atoms with Gasteiger partial charge in [0.15, 0.2) is 0 Å². The minimum Gasteiger partial charge on any atom is -0.310 e. The largest absolute Gasteiger partial charge is 0.310 e. The summed E-state index contributed by atoms with van der Waals surface area (Å²) in [6, 6.07) is 3.78. The van der Waals surface area contributed by atoms with Gasteiger partial charge in [-0.2, -0.15) is 0 Å². The van der Waals surface area contributed by atoms with Crippen molar-refractivity contribution >= 4 is 27.7 Å². The van der Waals surface area contributed by atoms with Crippen molar-refractivity contribution in [2.75, 3.05) is 5.32 Å². The summed E-state index contributed by atoms with van der Waals surface area (Å²) in [6.45, 7) is 0. The molecule has 4 saturated carbocycles. The minimum atomic E-state index is -0.0937. The highest BCUT2D eigenvalue weighted by Crippen LogP contribution is 2.60. The monoisotopic (exact) mass is 334 g/mol. The first kappa shape index (κ1) is 12.8. The molecular formula is C16H19BrN2O. The van der Waals surface area contributed by atoms with Crippen molar-refractivity contribution < 1.29 is 4.79 Å². The molecule has 106 valence electrons. The van der Waals surface area contributed by atoms with Crippen LogP contribution in [0.1, 0.15) is 38.5 Å². The van der Waals surface area contributed by atoms with Crippen molar-refractivity contribution in [1.29, 1.82) is 0 Å². The molecule has 1 N–H and O–H groups in total. The van der Waals surface area contributed by atoms with Gasteiger partial charge in [-0.1, -0.05) is 0 Å². The molecule has 0 unspecified atom stereocenters. The summed E-state index contributed by atoms with van der Waals surface area (Å²) >= 11 is 3.37. The van der Waals surface area contributed by atoms with E-state index < -0.39 is 0 Å². The summed E-state index contributed by atoms with van der Waals surface area (Å²) in [5.74, 6) is 3.28. The molecule has 0 spiro atoms. The molecule has 1 heterocycles. The van der Waals surface area contributed by atoms with Crippen LogP contribution in [0.2, 0.25) is 0 Å². The summed E-state index contributed by atoms with van der Waals surface area (Å²) < 4.78 is 0.935. The van der Waals surface area contributed by atoms with Gasteiger partial charge < -0.3 is 5.32 Å². The predicted molar refractivity (Wildman–Crippen MR) is 81.2 cm³/mol. The van der Waals surface area contributed by atoms with Gasteiger partial charge in [0, 0.05) is 10.7 Å². The van der Waals surface area contributed by atoms with Gasteiger partial charge in [-0.3, -0.25) is 4.79 Å². The Bertz CT molecular complexity index is 505. The molecular weight excluding hydrogens is 316 g/mol. The maximum absolute atomic E-state index is 12.8. The Morgan fingerprint density at radius 3 is 2.25 bits per heavy atom. The Balaban J connectivity index is 1.54. The van der Waals surface area contributed by atoms with Crippen LogP contribution in [0, 0.1) is 23.2 Å². The fourth-order valence-corrected chi connectivity index (χ4v) is 5.32. The van der Waals surface area contributed by atoms with Crippen LogP contribution >= 0.6 is 15.9 Å². The number of halogens is 1. The van der Waals surface area contributed by atoms with Gasteiger partial charge in [-0.05, 0) is 84.3 Å². The Morgan fingerprint density at radius 2 is 1.75 bits per heavy atom. The third kappa shape index (κ3) is 2.09. The molecule has 4 aliphatic rings. The van der Waals surface area contributed by atoms with Gasteiger partial charge in [0.05, 0.1) is 5.41 Å². The van der Waals surface area contributed by atoms with Gasteiger partial charge in [0.2, 0.25) is 5.91 Å². The highest BCUT2D eigenvalue weighted by Gasteiger charge is 2.54. The molecule has 4 heteroatoms. The van der Waals surface area contributed by atoms with E-state index in [0.717, 1.165) is 41.5 Å². The zero-order chi connectivity index (χ0) is 13.7. The molecule has 0 saturated heterocycles. The summed E-state index contributed by atoms with van der Waals surface area (Å²) in [4.78, 5) is 17.1. The van der Waals surface area contributed by atoms with Crippen LogP contribution in [-0.2, 0) is 4.79 Å². The molecule has 0 atom stereocenters. The van der Waals surface area contributed by atoms with Crippen LogP contribution in [0.25, 0.3) is 0 Å². The second-order valence-corrected chi connectivity index (χ2v) is 7.93. The van der Waals surface area contributed by atoms with Gasteiger partial charge in [0.1, 0.15) is 5.82 Å². The second kappa shape index (κ2) is 4.55. The van der Waals surface area contributed by atoms with Crippen molar-refractivity contribution in [2.24, 2.45) is 23.2 Å². The minimum absolute atomic E-state index is 0.0937. The number of nitrogens with zero attached hydrogens (tertiary/aromatic N) is 1. The fraction of sp³-hybridized carbons (Fsp3) is 0.625. The van der Waals surface area contributed by atoms with Gasteiger partial charge >= 0.3 is 0 Å². The number of carbonyl (C=O) groups is 1. The van der Waals surface area contributed by atoms with E-state index in [2.05, 4.69) is 26.2 Å². The number of aromatic nitrogens is 1. The number of carbonyl (C=O) groups excluding carboxylic acids is 1. The van der Waals surface area contributed by atoms with Crippen LogP contribution < -0.4 is 5.32 Å². The summed E-state index contributed by atoms with van der Waals surface area (Å²) in [5.41, 5.74) is -0.0937. The van der Waals surface area contributed by atoms with Gasteiger partial charge in [-0.25, -0.2) is 4.98 Å². The number of anilines is 1. The summed E-state index contributed by atoms with van der Waals surface area (Å²) in [7, 11) is 0. The Hall–Kier alpha value is -0.900. The quantitative estimate of drug-likeness (QED) is 0.888. The summed E-state index contributed by atoms with van der Waals surface area (Å²) in [5, 5.41) is 3.06. The van der Waals surface area contributed by atoms with E-state index in [1.165, 1.54) is 19.3 Å². The van der Waals surface area contributed by atoms with E-state index in [0.29, 0.717) is 5.82 Å². The summed E-state index contributed by atoms with van der Waals surface area (Å²) in [6.07, 6.45) is 9.12. The van der Waals surface area contributed by atoms with Gasteiger partial charge in [-0.15, -0.1) is 0 Å². The first-order chi connectivity index (χ1) is 9.63. The normalized spacial score (nSPS) is 38.0. The third-order valence-corrected chi connectivity index (χ3v) is 5.96. The number of amides is 1. The number of pyridine rings is 1. The lowest BCUT2D eigenvalue weighted by Crippen LogP contribution is -2.51. The molecule has 3 nitrogen and oxygen atoms in total. The molecule has 0 aliphatic heterocycles. The van der Waals surface area contributed by atoms with E-state index in [1.54, 1.807) is 6.20 Å². The SMILES string of the molecule is O=C(Nc1ccc(Br)cn1)C12CC3CC(CC(C3)C1)C2. The van der Waals surface area contributed by atoms with Crippen molar-refractivity contribution in [2.45, 2.75) is 38.5 Å². The average molecular weight is 335 g/mol. The van der Waals surface area contributed by atoms with Crippen LogP contribution in [0.5, 0.6) is 0 Å². The highest BCUT2D eigenvalue weighted by molar-refractivity contribution is 9.10. The van der Waals surface area contributed by atoms with E-state index in [9.17, 15) is 4.79 Å². The first-order valence-electron chi connectivity index (χ1n) is 7.56. The molecule has 0 aromatic carbocycles. The fourth-order valence-electron chi connectivity index (χ4n) is 5.09. The smallest absolute Gasteiger partial charge is 0.231 e. The molecule has 1 aromatic rings. The van der Waals surface area contributed by atoms with Crippen LogP contribution in [-0.4, -0.2) is 10.9 Å². The van der Waals surface area contributed by atoms with E-state index in [1.807, 2.05) is 12.1 Å². The van der Waals surface area contributed by atoms with E-state index in [4.69, 9.17) is 0 Å². The third-order valence-electron chi connectivity index (χ3n) is 5.49. The number of rotatable bonds is 2. The predicted octanol–water partition coefficient (Wildman–Crippen LogP) is 4.00. The lowest BCUT2D eigenvalue weighted by Gasteiger charge is -2.55. The standard InChI is InChI=1S/C16H19BrN2O/c17-13-1-2-14(18-9-13)19-15(20)16-6-10-3-11(7-16)5-12(4-10)8-16/h1-2,9-12H,3-8H2,(H,18,19,20). The van der Waals surface area contributed by atoms with E-state index >= 15 is 0 Å². The molecule has 0 radical (unpaired) electrons. The number of hydrogen-bond donors (Lipinski definition) is 1. The lowest BCUT2D eigenvalue weighted by molar-refractivity contribution is -0.140.